The van der Waals surface area contributed by atoms with E-state index in [1.807, 2.05) is 4.90 Å². The number of unbranched alkanes of at least 4 members (excludes halogenated alkanes) is 5. The van der Waals surface area contributed by atoms with Crippen molar-refractivity contribution < 1.29 is 88.7 Å². The van der Waals surface area contributed by atoms with Gasteiger partial charge in [0.25, 0.3) is 0 Å². The fraction of sp³-hybridized carbons (Fsp3) is 0.727. The van der Waals surface area contributed by atoms with Crippen LogP contribution in [0.2, 0.25) is 0 Å². The largest absolute Gasteiger partial charge is 0.412 e. The summed E-state index contributed by atoms with van der Waals surface area (Å²) >= 11 is 0. The molecule has 16 atom stereocenters. The van der Waals surface area contributed by atoms with E-state index in [2.05, 4.69) is 52.7 Å². The van der Waals surface area contributed by atoms with E-state index in [1.165, 1.54) is 30.7 Å². The van der Waals surface area contributed by atoms with Crippen molar-refractivity contribution >= 4 is 53.4 Å². The molecule has 2 unspecified atom stereocenters. The summed E-state index contributed by atoms with van der Waals surface area (Å²) in [7, 11) is 3.59. The summed E-state index contributed by atoms with van der Waals surface area (Å²) in [6, 6.07) is -7.27. The van der Waals surface area contributed by atoms with Crippen LogP contribution in [0, 0.1) is 11.8 Å². The number of nitrogens with zero attached hydrogens (tertiary/aromatic N) is 3. The quantitative estimate of drug-likeness (QED) is 0.0449. The molecule has 83 heavy (non-hydrogen) atoms. The number of likely N-dealkylation sites (N-methyl/N-ethyl adjacent to an activating group) is 1. The van der Waals surface area contributed by atoms with Gasteiger partial charge in [0.15, 0.2) is 6.23 Å². The summed E-state index contributed by atoms with van der Waals surface area (Å²) in [5.74, 6) is -8.48. The van der Waals surface area contributed by atoms with Crippen LogP contribution in [0.25, 0.3) is 0 Å². The standard InChI is InChI=1S/C55H90N10O18/c1-7-29(2)24-30(3)14-12-10-8-9-11-13-15-41(72)58-35-26-39(70)50(77)62-52(79)45-37(68)20-22-64(45)54(81)43(38(69)27-40(56)71)60-51(78)44(47(74)46(73)32-16-18-34(19-17-32)83-55(82)57-21-23-63(5)6)61-49(76)36-25-33(67)28-65(36)53(80)42(31(4)66)59-48(35)75/h16-19,29-31,33,35-39,42-47,50,66-70,73-74,77H,7-15,20-28H2,1-6H3,(H2,56,71)(H,57,82)(H,58,72)(H,59,75)(H,60,78)(H,61,76)(H,62,79)/t29?,30?,31-,33-,35+,36+,37+,38-,39-,42+,43+,44+,45+,46+,47+,50-/m1/s1. The molecule has 1 aromatic carbocycles. The summed E-state index contributed by atoms with van der Waals surface area (Å²) in [5, 5.41) is 104. The van der Waals surface area contributed by atoms with Gasteiger partial charge in [-0.3, -0.25) is 38.4 Å². The molecule has 9 amide bonds. The van der Waals surface area contributed by atoms with Gasteiger partial charge in [0.05, 0.1) is 30.8 Å². The number of carbonyl (C=O) groups excluding carboxylic acids is 9. The molecule has 3 aliphatic rings. The molecule has 1 aromatic rings. The van der Waals surface area contributed by atoms with Gasteiger partial charge in [0.1, 0.15) is 60.3 Å². The van der Waals surface area contributed by atoms with Crippen molar-refractivity contribution in [2.75, 3.05) is 40.3 Å². The minimum absolute atomic E-state index is 0.0209. The second-order valence-electron chi connectivity index (χ2n) is 22.7. The number of carbonyl (C=O) groups is 9. The Morgan fingerprint density at radius 2 is 1.36 bits per heavy atom. The molecule has 3 fully saturated rings. The summed E-state index contributed by atoms with van der Waals surface area (Å²) in [6.45, 7) is 7.45. The van der Waals surface area contributed by atoms with Gasteiger partial charge in [-0.2, -0.15) is 0 Å². The van der Waals surface area contributed by atoms with Crippen LogP contribution >= 0.6 is 0 Å². The Labute approximate surface area is 483 Å². The van der Waals surface area contributed by atoms with Crippen LogP contribution in [0.4, 0.5) is 4.79 Å². The van der Waals surface area contributed by atoms with Gasteiger partial charge in [0.2, 0.25) is 47.3 Å². The minimum Gasteiger partial charge on any atom is -0.410 e. The number of rotatable bonds is 24. The Morgan fingerprint density at radius 1 is 0.747 bits per heavy atom. The summed E-state index contributed by atoms with van der Waals surface area (Å²) in [6.07, 6.45) is -11.4. The molecule has 3 aliphatic heterocycles. The summed E-state index contributed by atoms with van der Waals surface area (Å²) < 4.78 is 5.26. The first-order valence-corrected chi connectivity index (χ1v) is 28.7. The predicted octanol–water partition coefficient (Wildman–Crippen LogP) is -3.40. The lowest BCUT2D eigenvalue weighted by Crippen LogP contribution is -2.64. The molecule has 0 aliphatic carbocycles. The first-order chi connectivity index (χ1) is 39.1. The zero-order valence-electron chi connectivity index (χ0n) is 48.4. The van der Waals surface area contributed by atoms with Gasteiger partial charge in [-0.1, -0.05) is 77.8 Å². The molecule has 28 heteroatoms. The van der Waals surface area contributed by atoms with Crippen molar-refractivity contribution in [3.05, 3.63) is 29.8 Å². The highest BCUT2D eigenvalue weighted by Crippen LogP contribution is 2.27. The third kappa shape index (κ3) is 21.2. The van der Waals surface area contributed by atoms with Crippen molar-refractivity contribution in [3.63, 3.8) is 0 Å². The lowest BCUT2D eigenvalue weighted by Gasteiger charge is -2.34. The Morgan fingerprint density at radius 3 is 1.99 bits per heavy atom. The maximum atomic E-state index is 14.6. The predicted molar refractivity (Wildman–Crippen MR) is 296 cm³/mol. The first kappa shape index (κ1) is 69.4. The van der Waals surface area contributed by atoms with E-state index >= 15 is 0 Å². The molecule has 0 radical (unpaired) electrons. The minimum atomic E-state index is -2.42. The van der Waals surface area contributed by atoms with Gasteiger partial charge < -0.3 is 97.9 Å². The fourth-order valence-electron chi connectivity index (χ4n) is 10.4. The van der Waals surface area contributed by atoms with Crippen LogP contribution in [0.3, 0.4) is 0 Å². The summed E-state index contributed by atoms with van der Waals surface area (Å²) in [4.78, 5) is 128. The molecule has 3 heterocycles. The molecular weight excluding hydrogens is 1090 g/mol. The highest BCUT2D eigenvalue weighted by Gasteiger charge is 2.49. The SMILES string of the molecule is CCC(C)CC(C)CCCCCCCCC(=O)N[C@H]1C[C@@H](O)[C@@H](O)NC(=O)[C@@H]2[C@@H](O)CCN2C(=O)[C@H]([C@H](O)CC(N)=O)NC(=O)[C@H]([C@H](O)[C@@H](O)c2ccc(OC(=O)NCCN(C)C)cc2)NC(=O)[C@@H]2C[C@@H](O)CN2C(=O)[C@H]([C@@H](C)O)NC1=O. The first-order valence-electron chi connectivity index (χ1n) is 28.7. The van der Waals surface area contributed by atoms with E-state index in [4.69, 9.17) is 10.5 Å². The molecule has 0 bridgehead atoms. The molecule has 468 valence electrons. The van der Waals surface area contributed by atoms with Gasteiger partial charge in [-0.05, 0) is 69.8 Å². The molecular formula is C55H90N10O18. The lowest BCUT2D eigenvalue weighted by atomic mass is 9.91. The van der Waals surface area contributed by atoms with Crippen LogP contribution in [0.15, 0.2) is 24.3 Å². The van der Waals surface area contributed by atoms with Crippen LogP contribution in [0.5, 0.6) is 5.75 Å². The van der Waals surface area contributed by atoms with Gasteiger partial charge >= 0.3 is 6.09 Å². The maximum Gasteiger partial charge on any atom is 0.412 e. The molecule has 0 aromatic heterocycles. The third-order valence-electron chi connectivity index (χ3n) is 15.3. The van der Waals surface area contributed by atoms with Crippen LogP contribution in [0.1, 0.15) is 129 Å². The van der Waals surface area contributed by atoms with Gasteiger partial charge in [-0.15, -0.1) is 0 Å². The van der Waals surface area contributed by atoms with E-state index in [1.54, 1.807) is 14.1 Å². The molecule has 0 spiro atoms. The topological polar surface area (TPSA) is 433 Å². The van der Waals surface area contributed by atoms with Crippen LogP contribution in [-0.2, 0) is 38.4 Å². The van der Waals surface area contributed by atoms with Crippen LogP contribution < -0.4 is 42.4 Å². The van der Waals surface area contributed by atoms with Crippen molar-refractivity contribution in [1.82, 2.24) is 46.6 Å². The lowest BCUT2D eigenvalue weighted by molar-refractivity contribution is -0.149. The van der Waals surface area contributed by atoms with Crippen molar-refractivity contribution in [1.29, 1.82) is 0 Å². The number of hydrogen-bond donors (Lipinski definition) is 15. The Kier molecular flexibility index (Phi) is 27.9. The zero-order valence-corrected chi connectivity index (χ0v) is 48.4. The van der Waals surface area contributed by atoms with Gasteiger partial charge in [0, 0.05) is 45.4 Å². The zero-order chi connectivity index (χ0) is 61.8. The van der Waals surface area contributed by atoms with Gasteiger partial charge in [-0.25, -0.2) is 4.79 Å². The normalized spacial score (nSPS) is 27.3. The number of nitrogens with two attached hydrogens (primary N) is 1. The molecule has 0 saturated carbocycles. The number of hydrogen-bond acceptors (Lipinski definition) is 19. The third-order valence-corrected chi connectivity index (χ3v) is 15.3. The van der Waals surface area contributed by atoms with Crippen molar-refractivity contribution in [3.8, 4) is 5.75 Å². The maximum absolute atomic E-state index is 14.6. The smallest absolute Gasteiger partial charge is 0.410 e. The number of fused-ring (bicyclic) bond motifs is 2. The number of nitrogens with one attached hydrogen (secondary N) is 6. The Hall–Kier alpha value is -6.11. The highest BCUT2D eigenvalue weighted by atomic mass is 16.6. The van der Waals surface area contributed by atoms with E-state index < -0.39 is 171 Å². The molecule has 3 saturated heterocycles. The number of primary amides is 1. The average Bonchev–Trinajstić information content (AvgIpc) is 4.05. The number of amides is 9. The number of aliphatic hydroxyl groups excluding tert-OH is 8. The Balaban J connectivity index is 1.70. The average molecular weight is 1180 g/mol. The van der Waals surface area contributed by atoms with E-state index in [0.29, 0.717) is 36.1 Å². The van der Waals surface area contributed by atoms with E-state index in [-0.39, 0.29) is 30.7 Å². The van der Waals surface area contributed by atoms with Crippen LogP contribution in [-0.4, -0.2) is 228 Å². The second-order valence-corrected chi connectivity index (χ2v) is 22.7. The van der Waals surface area contributed by atoms with Crippen molar-refractivity contribution in [2.45, 2.75) is 203 Å². The number of aliphatic hydroxyl groups is 8. The molecule has 28 nitrogen and oxygen atoms in total. The van der Waals surface area contributed by atoms with E-state index in [0.717, 1.165) is 50.3 Å². The number of benzene rings is 1. The molecule has 16 N–H and O–H groups in total. The van der Waals surface area contributed by atoms with E-state index in [9.17, 15) is 84.0 Å². The highest BCUT2D eigenvalue weighted by molar-refractivity contribution is 5.98. The Bertz CT molecular complexity index is 2330. The fourth-order valence-corrected chi connectivity index (χ4v) is 10.4. The second kappa shape index (κ2) is 33.4. The summed E-state index contributed by atoms with van der Waals surface area (Å²) in [5.41, 5.74) is 5.22. The number of ether oxygens (including phenoxy) is 1. The molecule has 4 rings (SSSR count). The van der Waals surface area contributed by atoms with Crippen molar-refractivity contribution in [2.24, 2.45) is 17.6 Å². The monoisotopic (exact) mass is 1180 g/mol.